The van der Waals surface area contributed by atoms with Crippen LogP contribution in [-0.2, 0) is 6.54 Å². The number of nitrogens with zero attached hydrogens (tertiary/aromatic N) is 1. The molecule has 3 aromatic carbocycles. The highest BCUT2D eigenvalue weighted by Gasteiger charge is 2.00. The molecule has 2 N–H and O–H groups in total. The number of anilines is 1. The Hall–Kier alpha value is -2.91. The molecule has 4 aromatic rings. The van der Waals surface area contributed by atoms with Gasteiger partial charge in [0.05, 0.1) is 5.69 Å². The van der Waals surface area contributed by atoms with Crippen molar-refractivity contribution >= 4 is 27.2 Å². The minimum atomic E-state index is 0.840. The standard InChI is InChI=1S/C24H25N3/c1-2-8-20-16-22-17-23(11-10-21(22)15-19(20)7-1)26-14-6-5-12-25-18-24-9-3-4-13-27-24/h1-4,7-11,13,15-17,25-26H,5-6,12,14,18H2. The highest BCUT2D eigenvalue weighted by molar-refractivity contribution is 5.99. The zero-order chi connectivity index (χ0) is 18.3. The van der Waals surface area contributed by atoms with Gasteiger partial charge in [-0.3, -0.25) is 4.98 Å². The molecule has 0 fully saturated rings. The van der Waals surface area contributed by atoms with E-state index in [1.807, 2.05) is 18.3 Å². The maximum atomic E-state index is 4.32. The minimum Gasteiger partial charge on any atom is -0.385 e. The first-order valence-electron chi connectivity index (χ1n) is 9.65. The summed E-state index contributed by atoms with van der Waals surface area (Å²) in [6.07, 6.45) is 4.14. The summed E-state index contributed by atoms with van der Waals surface area (Å²) in [7, 11) is 0. The van der Waals surface area contributed by atoms with Crippen molar-refractivity contribution in [1.82, 2.24) is 10.3 Å². The number of nitrogens with one attached hydrogen (secondary N) is 2. The quantitative estimate of drug-likeness (QED) is 0.329. The Bertz CT molecular complexity index is 1010. The predicted molar refractivity (Wildman–Crippen MR) is 115 cm³/mol. The largest absolute Gasteiger partial charge is 0.385 e. The van der Waals surface area contributed by atoms with Crippen molar-refractivity contribution in [3.8, 4) is 0 Å². The Morgan fingerprint density at radius 1 is 0.667 bits per heavy atom. The minimum absolute atomic E-state index is 0.840. The van der Waals surface area contributed by atoms with E-state index in [0.29, 0.717) is 0 Å². The lowest BCUT2D eigenvalue weighted by Crippen LogP contribution is -2.16. The average Bonchev–Trinajstić information content (AvgIpc) is 2.72. The Morgan fingerprint density at radius 2 is 1.41 bits per heavy atom. The van der Waals surface area contributed by atoms with Crippen LogP contribution in [0, 0.1) is 0 Å². The van der Waals surface area contributed by atoms with Gasteiger partial charge in [-0.25, -0.2) is 0 Å². The lowest BCUT2D eigenvalue weighted by molar-refractivity contribution is 0.626. The van der Waals surface area contributed by atoms with Gasteiger partial charge in [0, 0.05) is 25.0 Å². The fourth-order valence-electron chi connectivity index (χ4n) is 3.38. The molecule has 0 radical (unpaired) electrons. The van der Waals surface area contributed by atoms with Crippen LogP contribution in [0.5, 0.6) is 0 Å². The van der Waals surface area contributed by atoms with E-state index in [1.165, 1.54) is 27.2 Å². The van der Waals surface area contributed by atoms with Gasteiger partial charge in [0.1, 0.15) is 0 Å². The molecule has 27 heavy (non-hydrogen) atoms. The van der Waals surface area contributed by atoms with E-state index in [4.69, 9.17) is 0 Å². The van der Waals surface area contributed by atoms with Crippen LogP contribution in [0.4, 0.5) is 5.69 Å². The molecule has 4 rings (SSSR count). The summed E-state index contributed by atoms with van der Waals surface area (Å²) in [6, 6.07) is 25.7. The number of benzene rings is 3. The molecule has 0 aliphatic carbocycles. The Labute approximate surface area is 160 Å². The van der Waals surface area contributed by atoms with E-state index in [2.05, 4.69) is 76.3 Å². The maximum Gasteiger partial charge on any atom is 0.0541 e. The van der Waals surface area contributed by atoms with Crippen LogP contribution < -0.4 is 10.6 Å². The van der Waals surface area contributed by atoms with Crippen LogP contribution in [0.25, 0.3) is 21.5 Å². The number of fused-ring (bicyclic) bond motifs is 2. The molecule has 0 spiro atoms. The molecule has 1 aromatic heterocycles. The first-order chi connectivity index (χ1) is 13.4. The maximum absolute atomic E-state index is 4.32. The Morgan fingerprint density at radius 3 is 2.22 bits per heavy atom. The summed E-state index contributed by atoms with van der Waals surface area (Å²) in [4.78, 5) is 4.32. The Kier molecular flexibility index (Phi) is 5.61. The van der Waals surface area contributed by atoms with E-state index in [0.717, 1.165) is 38.2 Å². The van der Waals surface area contributed by atoms with E-state index >= 15 is 0 Å². The molecule has 136 valence electrons. The van der Waals surface area contributed by atoms with Crippen LogP contribution in [0.15, 0.2) is 79.0 Å². The Balaban J connectivity index is 1.24. The van der Waals surface area contributed by atoms with Gasteiger partial charge >= 0.3 is 0 Å². The van der Waals surface area contributed by atoms with Crippen molar-refractivity contribution in [1.29, 1.82) is 0 Å². The third-order valence-corrected chi connectivity index (χ3v) is 4.85. The van der Waals surface area contributed by atoms with Crippen molar-refractivity contribution < 1.29 is 0 Å². The van der Waals surface area contributed by atoms with Gasteiger partial charge in [0.15, 0.2) is 0 Å². The molecule has 1 heterocycles. The first-order valence-corrected chi connectivity index (χ1v) is 9.65. The number of pyridine rings is 1. The summed E-state index contributed by atoms with van der Waals surface area (Å²) in [5.74, 6) is 0. The summed E-state index contributed by atoms with van der Waals surface area (Å²) < 4.78 is 0. The second kappa shape index (κ2) is 8.65. The van der Waals surface area contributed by atoms with Gasteiger partial charge in [-0.15, -0.1) is 0 Å². The van der Waals surface area contributed by atoms with E-state index in [9.17, 15) is 0 Å². The third kappa shape index (κ3) is 4.63. The molecule has 0 saturated carbocycles. The number of hydrogen-bond acceptors (Lipinski definition) is 3. The van der Waals surface area contributed by atoms with Gasteiger partial charge < -0.3 is 10.6 Å². The molecule has 0 amide bonds. The molecular weight excluding hydrogens is 330 g/mol. The molecule has 0 atom stereocenters. The summed E-state index contributed by atoms with van der Waals surface area (Å²) in [6.45, 7) is 2.85. The summed E-state index contributed by atoms with van der Waals surface area (Å²) in [5, 5.41) is 12.2. The fraction of sp³-hybridized carbons (Fsp3) is 0.208. The summed E-state index contributed by atoms with van der Waals surface area (Å²) in [5.41, 5.74) is 2.29. The van der Waals surface area contributed by atoms with Crippen molar-refractivity contribution in [3.05, 3.63) is 84.7 Å². The fourth-order valence-corrected chi connectivity index (χ4v) is 3.38. The second-order valence-corrected chi connectivity index (χ2v) is 6.89. The van der Waals surface area contributed by atoms with Crippen LogP contribution in [0.3, 0.4) is 0 Å². The van der Waals surface area contributed by atoms with Crippen LogP contribution in [-0.4, -0.2) is 18.1 Å². The van der Waals surface area contributed by atoms with Gasteiger partial charge in [0.2, 0.25) is 0 Å². The molecular formula is C24H25N3. The molecule has 0 aliphatic heterocycles. The van der Waals surface area contributed by atoms with Gasteiger partial charge in [0.25, 0.3) is 0 Å². The molecule has 3 nitrogen and oxygen atoms in total. The van der Waals surface area contributed by atoms with Gasteiger partial charge in [-0.2, -0.15) is 0 Å². The molecule has 0 aliphatic rings. The number of hydrogen-bond donors (Lipinski definition) is 2. The first kappa shape index (κ1) is 17.5. The predicted octanol–water partition coefficient (Wildman–Crippen LogP) is 5.37. The smallest absolute Gasteiger partial charge is 0.0541 e. The van der Waals surface area contributed by atoms with Gasteiger partial charge in [-0.1, -0.05) is 36.4 Å². The van der Waals surface area contributed by atoms with Crippen LogP contribution in [0.1, 0.15) is 18.5 Å². The number of aromatic nitrogens is 1. The highest BCUT2D eigenvalue weighted by atomic mass is 14.9. The van der Waals surface area contributed by atoms with Crippen molar-refractivity contribution in [3.63, 3.8) is 0 Å². The molecule has 0 saturated heterocycles. The molecule has 0 unspecified atom stereocenters. The zero-order valence-corrected chi connectivity index (χ0v) is 15.5. The molecule has 0 bridgehead atoms. The lowest BCUT2D eigenvalue weighted by atomic mass is 10.0. The third-order valence-electron chi connectivity index (χ3n) is 4.85. The van der Waals surface area contributed by atoms with Crippen LogP contribution >= 0.6 is 0 Å². The van der Waals surface area contributed by atoms with Gasteiger partial charge in [-0.05, 0) is 77.3 Å². The van der Waals surface area contributed by atoms with E-state index < -0.39 is 0 Å². The van der Waals surface area contributed by atoms with Crippen molar-refractivity contribution in [2.45, 2.75) is 19.4 Å². The van der Waals surface area contributed by atoms with Crippen LogP contribution in [0.2, 0.25) is 0 Å². The average molecular weight is 355 g/mol. The number of rotatable bonds is 8. The van der Waals surface area contributed by atoms with E-state index in [-0.39, 0.29) is 0 Å². The lowest BCUT2D eigenvalue weighted by Gasteiger charge is -2.09. The normalized spacial score (nSPS) is 11.1. The number of unbranched alkanes of at least 4 members (excludes halogenated alkanes) is 1. The van der Waals surface area contributed by atoms with Crippen molar-refractivity contribution in [2.75, 3.05) is 18.4 Å². The van der Waals surface area contributed by atoms with E-state index in [1.54, 1.807) is 0 Å². The zero-order valence-electron chi connectivity index (χ0n) is 15.5. The second-order valence-electron chi connectivity index (χ2n) is 6.89. The van der Waals surface area contributed by atoms with Crippen molar-refractivity contribution in [2.24, 2.45) is 0 Å². The molecule has 3 heteroatoms. The topological polar surface area (TPSA) is 37.0 Å². The summed E-state index contributed by atoms with van der Waals surface area (Å²) >= 11 is 0. The monoisotopic (exact) mass is 355 g/mol. The highest BCUT2D eigenvalue weighted by Crippen LogP contribution is 2.25. The SMILES string of the molecule is c1ccc(CNCCCCNc2ccc3cc4ccccc4cc3c2)nc1.